The second-order valence-corrected chi connectivity index (χ2v) is 7.38. The summed E-state index contributed by atoms with van der Waals surface area (Å²) in [5.74, 6) is -1.60. The van der Waals surface area contributed by atoms with E-state index < -0.39 is 46.8 Å². The normalized spacial score (nSPS) is 65.8. The topological polar surface area (TPSA) is 91.8 Å². The Morgan fingerprint density at radius 3 is 2.67 bits per heavy atom. The minimum atomic E-state index is -1.47. The molecule has 5 fully saturated rings. The molecule has 0 aromatic rings. The first-order chi connectivity index (χ1) is 9.80. The van der Waals surface area contributed by atoms with E-state index in [2.05, 4.69) is 6.58 Å². The van der Waals surface area contributed by atoms with E-state index in [-0.39, 0.29) is 12.0 Å². The molecule has 114 valence electrons. The number of carbonyl (C=O) groups is 1. The Morgan fingerprint density at radius 2 is 2.10 bits per heavy atom. The van der Waals surface area contributed by atoms with Crippen LogP contribution in [-0.4, -0.2) is 58.4 Å². The Kier molecular flexibility index (Phi) is 1.83. The van der Waals surface area contributed by atoms with Crippen LogP contribution in [0.1, 0.15) is 13.8 Å². The number of carbonyl (C=O) groups excluding carboxylic acids is 1. The highest BCUT2D eigenvalue weighted by Gasteiger charge is 2.94. The van der Waals surface area contributed by atoms with Crippen molar-refractivity contribution in [2.45, 2.75) is 49.5 Å². The summed E-state index contributed by atoms with van der Waals surface area (Å²) in [6, 6.07) is 0. The third kappa shape index (κ3) is 0.958. The molecular formula is C15H18O6. The van der Waals surface area contributed by atoms with Gasteiger partial charge in [0.05, 0.1) is 17.9 Å². The van der Waals surface area contributed by atoms with E-state index in [0.29, 0.717) is 6.61 Å². The summed E-state index contributed by atoms with van der Waals surface area (Å²) in [6.45, 7) is 7.96. The molecule has 3 heterocycles. The van der Waals surface area contributed by atoms with Gasteiger partial charge in [0.2, 0.25) is 0 Å². The van der Waals surface area contributed by atoms with Crippen LogP contribution in [0.4, 0.5) is 0 Å². The van der Waals surface area contributed by atoms with Crippen LogP contribution in [0.15, 0.2) is 12.2 Å². The van der Waals surface area contributed by atoms with Gasteiger partial charge in [-0.1, -0.05) is 19.1 Å². The molecule has 6 nitrogen and oxygen atoms in total. The molecule has 3 saturated heterocycles. The summed E-state index contributed by atoms with van der Waals surface area (Å²) in [7, 11) is 0. The number of rotatable bonds is 1. The summed E-state index contributed by atoms with van der Waals surface area (Å²) in [6.07, 6.45) is -2.37. The van der Waals surface area contributed by atoms with E-state index in [9.17, 15) is 15.0 Å². The number of aliphatic hydroxyl groups is 2. The van der Waals surface area contributed by atoms with Gasteiger partial charge in [-0.15, -0.1) is 0 Å². The fourth-order valence-electron chi connectivity index (χ4n) is 5.49. The molecule has 0 unspecified atom stereocenters. The largest absolute Gasteiger partial charge is 0.459 e. The van der Waals surface area contributed by atoms with Crippen LogP contribution in [0.5, 0.6) is 0 Å². The maximum Gasteiger partial charge on any atom is 0.313 e. The molecule has 0 aromatic carbocycles. The van der Waals surface area contributed by atoms with Gasteiger partial charge >= 0.3 is 5.97 Å². The zero-order valence-electron chi connectivity index (χ0n) is 11.9. The van der Waals surface area contributed by atoms with Crippen LogP contribution in [0.2, 0.25) is 0 Å². The lowest BCUT2D eigenvalue weighted by Crippen LogP contribution is -2.70. The molecule has 9 atom stereocenters. The number of hydrogen-bond acceptors (Lipinski definition) is 6. The van der Waals surface area contributed by atoms with Gasteiger partial charge in [0.1, 0.15) is 35.6 Å². The Bertz CT molecular complexity index is 597. The minimum absolute atomic E-state index is 0.236. The van der Waals surface area contributed by atoms with Gasteiger partial charge in [-0.25, -0.2) is 0 Å². The SMILES string of the molecule is C=C(C)[C@@H]1[C@@H]2OC(=O)[C@H]1[C@]1(O)[C@H]3O[C@H]3[C@]3(CO3)[C@]1(C)[C@@H]2O. The number of esters is 1. The van der Waals surface area contributed by atoms with Gasteiger partial charge in [-0.2, -0.15) is 0 Å². The Morgan fingerprint density at radius 1 is 1.43 bits per heavy atom. The third-order valence-corrected chi connectivity index (χ3v) is 6.72. The van der Waals surface area contributed by atoms with Gasteiger partial charge in [0.25, 0.3) is 0 Å². The number of fused-ring (bicyclic) bond motifs is 8. The lowest BCUT2D eigenvalue weighted by Gasteiger charge is -2.54. The van der Waals surface area contributed by atoms with Crippen LogP contribution in [-0.2, 0) is 19.0 Å². The maximum atomic E-state index is 12.4. The van der Waals surface area contributed by atoms with Crippen LogP contribution < -0.4 is 0 Å². The van der Waals surface area contributed by atoms with Crippen LogP contribution in [0.25, 0.3) is 0 Å². The van der Waals surface area contributed by atoms with Gasteiger partial charge in [-0.3, -0.25) is 4.79 Å². The van der Waals surface area contributed by atoms with E-state index in [1.807, 2.05) is 0 Å². The first-order valence-corrected chi connectivity index (χ1v) is 7.36. The Hall–Kier alpha value is -0.950. The molecular weight excluding hydrogens is 276 g/mol. The zero-order chi connectivity index (χ0) is 14.9. The fourth-order valence-corrected chi connectivity index (χ4v) is 5.49. The molecule has 5 aliphatic rings. The van der Waals surface area contributed by atoms with Crippen molar-refractivity contribution in [1.82, 2.24) is 0 Å². The van der Waals surface area contributed by atoms with Crippen LogP contribution in [0.3, 0.4) is 0 Å². The predicted molar refractivity (Wildman–Crippen MR) is 68.1 cm³/mol. The average molecular weight is 294 g/mol. The van der Waals surface area contributed by atoms with Gasteiger partial charge < -0.3 is 24.4 Å². The summed E-state index contributed by atoms with van der Waals surface area (Å²) in [4.78, 5) is 12.4. The standard InChI is InChI=1S/C15H18O6/c1-5(2)6-7-12(17)20-8(6)9(16)13(3)14(4-19-14)10-11(21-10)15(7,13)18/h6-11,16,18H,1,4H2,2-3H3/t6-,7-,8-,9+,10+,11-,13-,14+,15-/m0/s1. The number of ether oxygens (including phenoxy) is 3. The number of aliphatic hydroxyl groups excluding tert-OH is 1. The summed E-state index contributed by atoms with van der Waals surface area (Å²) >= 11 is 0. The lowest BCUT2D eigenvalue weighted by molar-refractivity contribution is -0.232. The molecule has 6 heteroatoms. The molecule has 0 aromatic heterocycles. The maximum absolute atomic E-state index is 12.4. The molecule has 3 aliphatic heterocycles. The minimum Gasteiger partial charge on any atom is -0.459 e. The van der Waals surface area contributed by atoms with E-state index in [4.69, 9.17) is 14.2 Å². The van der Waals surface area contributed by atoms with Crippen LogP contribution >= 0.6 is 0 Å². The molecule has 21 heavy (non-hydrogen) atoms. The Labute approximate surface area is 121 Å². The molecule has 2 bridgehead atoms. The van der Waals surface area contributed by atoms with Crippen molar-refractivity contribution in [3.05, 3.63) is 12.2 Å². The van der Waals surface area contributed by atoms with Crippen molar-refractivity contribution in [2.75, 3.05) is 6.61 Å². The fraction of sp³-hybridized carbons (Fsp3) is 0.800. The quantitative estimate of drug-likeness (QED) is 0.380. The highest BCUT2D eigenvalue weighted by atomic mass is 16.7. The lowest BCUT2D eigenvalue weighted by atomic mass is 9.52. The highest BCUT2D eigenvalue weighted by molar-refractivity contribution is 5.80. The van der Waals surface area contributed by atoms with E-state index >= 15 is 0 Å². The van der Waals surface area contributed by atoms with Crippen molar-refractivity contribution >= 4 is 5.97 Å². The summed E-state index contributed by atoms with van der Waals surface area (Å²) in [5, 5.41) is 22.4. The van der Waals surface area contributed by atoms with Crippen molar-refractivity contribution in [3.63, 3.8) is 0 Å². The first kappa shape index (κ1) is 12.6. The zero-order valence-corrected chi connectivity index (χ0v) is 11.9. The Balaban J connectivity index is 1.76. The van der Waals surface area contributed by atoms with Crippen molar-refractivity contribution in [3.8, 4) is 0 Å². The number of hydrogen-bond donors (Lipinski definition) is 2. The average Bonchev–Trinajstić information content (AvgIpc) is 3.27. The molecule has 2 aliphatic carbocycles. The smallest absolute Gasteiger partial charge is 0.313 e. The monoisotopic (exact) mass is 294 g/mol. The first-order valence-electron chi connectivity index (χ1n) is 7.36. The summed E-state index contributed by atoms with van der Waals surface area (Å²) < 4.78 is 16.7. The number of epoxide rings is 2. The molecule has 0 radical (unpaired) electrons. The van der Waals surface area contributed by atoms with Crippen LogP contribution in [0, 0.1) is 17.3 Å². The highest BCUT2D eigenvalue weighted by Crippen LogP contribution is 2.75. The van der Waals surface area contributed by atoms with Crippen molar-refractivity contribution in [2.24, 2.45) is 17.3 Å². The van der Waals surface area contributed by atoms with Gasteiger partial charge in [-0.05, 0) is 6.92 Å². The van der Waals surface area contributed by atoms with E-state index in [0.717, 1.165) is 5.57 Å². The van der Waals surface area contributed by atoms with Crippen molar-refractivity contribution < 1.29 is 29.2 Å². The van der Waals surface area contributed by atoms with Gasteiger partial charge in [0.15, 0.2) is 0 Å². The predicted octanol–water partition coefficient (Wildman–Crippen LogP) is -0.618. The van der Waals surface area contributed by atoms with Crippen molar-refractivity contribution in [1.29, 1.82) is 0 Å². The third-order valence-electron chi connectivity index (χ3n) is 6.72. The molecule has 2 N–H and O–H groups in total. The van der Waals surface area contributed by atoms with Gasteiger partial charge in [0, 0.05) is 5.92 Å². The summed E-state index contributed by atoms with van der Waals surface area (Å²) in [5.41, 5.74) is -2.38. The molecule has 2 saturated carbocycles. The molecule has 5 rings (SSSR count). The molecule has 0 amide bonds. The molecule has 1 spiro atoms. The van der Waals surface area contributed by atoms with E-state index in [1.54, 1.807) is 13.8 Å². The second kappa shape index (κ2) is 3.06. The van der Waals surface area contributed by atoms with E-state index in [1.165, 1.54) is 0 Å². The second-order valence-electron chi connectivity index (χ2n) is 7.38.